The number of carboxylic acid groups (broad SMARTS) is 1. The second kappa shape index (κ2) is 6.82. The van der Waals surface area contributed by atoms with Gasteiger partial charge in [-0.05, 0) is 38.1 Å². The summed E-state index contributed by atoms with van der Waals surface area (Å²) in [5, 5.41) is 16.4. The molecular formula is C17H20FN3O3. The summed E-state index contributed by atoms with van der Waals surface area (Å²) in [4.78, 5) is 23.6. The minimum atomic E-state index is -1.19. The van der Waals surface area contributed by atoms with E-state index in [1.165, 1.54) is 12.1 Å². The topological polar surface area (TPSA) is 84.2 Å². The van der Waals surface area contributed by atoms with Crippen LogP contribution in [-0.4, -0.2) is 26.8 Å². The highest BCUT2D eigenvalue weighted by atomic mass is 19.1. The van der Waals surface area contributed by atoms with Crippen molar-refractivity contribution < 1.29 is 19.1 Å². The van der Waals surface area contributed by atoms with Crippen molar-refractivity contribution in [3.8, 4) is 5.69 Å². The average molecular weight is 333 g/mol. The van der Waals surface area contributed by atoms with Crippen LogP contribution in [0.4, 0.5) is 4.39 Å². The van der Waals surface area contributed by atoms with Gasteiger partial charge in [-0.1, -0.05) is 13.8 Å². The zero-order valence-corrected chi connectivity index (χ0v) is 14.0. The molecule has 0 fully saturated rings. The molecule has 0 saturated heterocycles. The number of benzene rings is 1. The van der Waals surface area contributed by atoms with Crippen molar-refractivity contribution in [2.45, 2.75) is 33.7 Å². The van der Waals surface area contributed by atoms with E-state index in [0.717, 1.165) is 0 Å². The quantitative estimate of drug-likeness (QED) is 0.880. The molecule has 0 radical (unpaired) electrons. The van der Waals surface area contributed by atoms with Crippen LogP contribution in [0, 0.1) is 25.6 Å². The Bertz CT molecular complexity index is 766. The fraction of sp³-hybridized carbons (Fsp3) is 0.353. The summed E-state index contributed by atoms with van der Waals surface area (Å²) in [6, 6.07) is 4.54. The van der Waals surface area contributed by atoms with E-state index in [1.54, 1.807) is 44.5 Å². The van der Waals surface area contributed by atoms with E-state index in [2.05, 4.69) is 10.4 Å². The number of carboxylic acids is 1. The SMILES string of the molecule is Cc1nn(-c2ccc(F)cc2)c(C)c1[C@H](NC(=O)C(C)C)C(=O)O. The highest BCUT2D eigenvalue weighted by molar-refractivity contribution is 5.85. The van der Waals surface area contributed by atoms with Crippen LogP contribution in [0.2, 0.25) is 0 Å². The molecule has 0 aliphatic rings. The number of carbonyl (C=O) groups excluding carboxylic acids is 1. The van der Waals surface area contributed by atoms with Crippen LogP contribution in [0.5, 0.6) is 0 Å². The minimum Gasteiger partial charge on any atom is -0.479 e. The van der Waals surface area contributed by atoms with Gasteiger partial charge in [0.25, 0.3) is 0 Å². The van der Waals surface area contributed by atoms with Crippen LogP contribution in [0.3, 0.4) is 0 Å². The Morgan fingerprint density at radius 1 is 1.21 bits per heavy atom. The van der Waals surface area contributed by atoms with Gasteiger partial charge in [-0.15, -0.1) is 0 Å². The summed E-state index contributed by atoms with van der Waals surface area (Å²) < 4.78 is 14.6. The molecule has 1 atom stereocenters. The molecule has 2 aromatic rings. The van der Waals surface area contributed by atoms with Crippen molar-refractivity contribution in [2.24, 2.45) is 5.92 Å². The van der Waals surface area contributed by atoms with Gasteiger partial charge in [0.15, 0.2) is 6.04 Å². The van der Waals surface area contributed by atoms with Gasteiger partial charge in [0, 0.05) is 17.2 Å². The maximum atomic E-state index is 13.1. The summed E-state index contributed by atoms with van der Waals surface area (Å²) in [5.41, 5.74) is 2.12. The molecular weight excluding hydrogens is 313 g/mol. The number of aromatic nitrogens is 2. The second-order valence-corrected chi connectivity index (χ2v) is 5.91. The van der Waals surface area contributed by atoms with Crippen molar-refractivity contribution in [2.75, 3.05) is 0 Å². The molecule has 0 saturated carbocycles. The van der Waals surface area contributed by atoms with Gasteiger partial charge in [-0.2, -0.15) is 5.10 Å². The van der Waals surface area contributed by atoms with Crippen LogP contribution >= 0.6 is 0 Å². The number of nitrogens with zero attached hydrogens (tertiary/aromatic N) is 2. The summed E-state index contributed by atoms with van der Waals surface area (Å²) in [7, 11) is 0. The molecule has 1 aromatic carbocycles. The third kappa shape index (κ3) is 3.45. The van der Waals surface area contributed by atoms with Crippen LogP contribution in [0.1, 0.15) is 36.8 Å². The van der Waals surface area contributed by atoms with Crippen molar-refractivity contribution in [3.05, 3.63) is 47.0 Å². The molecule has 0 spiro atoms. The van der Waals surface area contributed by atoms with Crippen molar-refractivity contribution in [1.82, 2.24) is 15.1 Å². The van der Waals surface area contributed by atoms with Crippen LogP contribution < -0.4 is 5.32 Å². The van der Waals surface area contributed by atoms with E-state index < -0.39 is 12.0 Å². The number of hydrogen-bond donors (Lipinski definition) is 2. The number of rotatable bonds is 5. The van der Waals surface area contributed by atoms with Gasteiger partial charge in [-0.25, -0.2) is 13.9 Å². The molecule has 1 aromatic heterocycles. The first-order chi connectivity index (χ1) is 11.2. The lowest BCUT2D eigenvalue weighted by Gasteiger charge is -2.17. The Morgan fingerprint density at radius 2 is 1.79 bits per heavy atom. The maximum Gasteiger partial charge on any atom is 0.331 e. The van der Waals surface area contributed by atoms with Gasteiger partial charge >= 0.3 is 5.97 Å². The zero-order chi connectivity index (χ0) is 18.0. The molecule has 128 valence electrons. The molecule has 2 N–H and O–H groups in total. The first-order valence-corrected chi connectivity index (χ1v) is 7.57. The molecule has 1 amide bonds. The number of nitrogens with one attached hydrogen (secondary N) is 1. The fourth-order valence-corrected chi connectivity index (χ4v) is 2.47. The molecule has 0 aliphatic heterocycles. The molecule has 0 aliphatic carbocycles. The largest absolute Gasteiger partial charge is 0.479 e. The van der Waals surface area contributed by atoms with Crippen molar-refractivity contribution >= 4 is 11.9 Å². The average Bonchev–Trinajstić information content (AvgIpc) is 2.80. The molecule has 2 rings (SSSR count). The number of halogens is 1. The fourth-order valence-electron chi connectivity index (χ4n) is 2.47. The summed E-state index contributed by atoms with van der Waals surface area (Å²) >= 11 is 0. The Morgan fingerprint density at radius 3 is 2.29 bits per heavy atom. The Kier molecular flexibility index (Phi) is 5.02. The second-order valence-electron chi connectivity index (χ2n) is 5.91. The molecule has 1 heterocycles. The lowest BCUT2D eigenvalue weighted by molar-refractivity contribution is -0.142. The zero-order valence-electron chi connectivity index (χ0n) is 14.0. The minimum absolute atomic E-state index is 0.334. The smallest absolute Gasteiger partial charge is 0.331 e. The first kappa shape index (κ1) is 17.7. The molecule has 0 bridgehead atoms. The monoisotopic (exact) mass is 333 g/mol. The van der Waals surface area contributed by atoms with Crippen LogP contribution in [0.25, 0.3) is 5.69 Å². The number of hydrogen-bond acceptors (Lipinski definition) is 3. The Hall–Kier alpha value is -2.70. The normalized spacial score (nSPS) is 12.2. The van der Waals surface area contributed by atoms with Gasteiger partial charge in [-0.3, -0.25) is 4.79 Å². The number of aryl methyl sites for hydroxylation is 1. The van der Waals surface area contributed by atoms with Gasteiger partial charge in [0.2, 0.25) is 5.91 Å². The number of amides is 1. The van der Waals surface area contributed by atoms with Gasteiger partial charge < -0.3 is 10.4 Å². The van der Waals surface area contributed by atoms with E-state index >= 15 is 0 Å². The first-order valence-electron chi connectivity index (χ1n) is 7.57. The summed E-state index contributed by atoms with van der Waals surface area (Å²) in [5.74, 6) is -2.21. The summed E-state index contributed by atoms with van der Waals surface area (Å²) in [6.07, 6.45) is 0. The van der Waals surface area contributed by atoms with E-state index in [-0.39, 0.29) is 17.6 Å². The van der Waals surface area contributed by atoms with Gasteiger partial charge in [0.05, 0.1) is 11.4 Å². The molecule has 7 heteroatoms. The van der Waals surface area contributed by atoms with Crippen molar-refractivity contribution in [1.29, 1.82) is 0 Å². The molecule has 6 nitrogen and oxygen atoms in total. The predicted molar refractivity (Wildman–Crippen MR) is 86.4 cm³/mol. The highest BCUT2D eigenvalue weighted by Crippen LogP contribution is 2.25. The molecule has 0 unspecified atom stereocenters. The van der Waals surface area contributed by atoms with Gasteiger partial charge in [0.1, 0.15) is 5.82 Å². The number of carbonyl (C=O) groups is 2. The van der Waals surface area contributed by atoms with E-state index in [0.29, 0.717) is 22.6 Å². The van der Waals surface area contributed by atoms with E-state index in [9.17, 15) is 19.1 Å². The lowest BCUT2D eigenvalue weighted by atomic mass is 10.0. The standard InChI is InChI=1S/C17H20FN3O3/c1-9(2)16(22)19-15(17(23)24)14-10(3)20-21(11(14)4)13-7-5-12(18)6-8-13/h5-9,15H,1-4H3,(H,19,22)(H,23,24)/t15-/m0/s1. The number of aliphatic carboxylic acids is 1. The van der Waals surface area contributed by atoms with Crippen LogP contribution in [-0.2, 0) is 9.59 Å². The Balaban J connectivity index is 2.47. The predicted octanol–water partition coefficient (Wildman–Crippen LogP) is 2.53. The Labute approximate surface area is 139 Å². The van der Waals surface area contributed by atoms with Crippen LogP contribution in [0.15, 0.2) is 24.3 Å². The van der Waals surface area contributed by atoms with Crippen molar-refractivity contribution in [3.63, 3.8) is 0 Å². The third-order valence-electron chi connectivity index (χ3n) is 3.77. The molecule has 24 heavy (non-hydrogen) atoms. The van der Waals surface area contributed by atoms with E-state index in [4.69, 9.17) is 0 Å². The highest BCUT2D eigenvalue weighted by Gasteiger charge is 2.29. The maximum absolute atomic E-state index is 13.1. The summed E-state index contributed by atoms with van der Waals surface area (Å²) in [6.45, 7) is 6.78. The lowest BCUT2D eigenvalue weighted by Crippen LogP contribution is -2.36. The third-order valence-corrected chi connectivity index (χ3v) is 3.77. The van der Waals surface area contributed by atoms with E-state index in [1.807, 2.05) is 0 Å².